The molecule has 0 bridgehead atoms. The first-order valence-electron chi connectivity index (χ1n) is 8.68. The van der Waals surface area contributed by atoms with E-state index >= 15 is 0 Å². The first-order chi connectivity index (χ1) is 12.0. The molecule has 0 saturated carbocycles. The number of rotatable bonds is 5. The van der Waals surface area contributed by atoms with Crippen LogP contribution in [0.1, 0.15) is 25.3 Å². The van der Waals surface area contributed by atoms with Gasteiger partial charge in [0.05, 0.1) is 17.8 Å². The summed E-state index contributed by atoms with van der Waals surface area (Å²) < 4.78 is 6.49. The molecule has 134 valence electrons. The molecular formula is C19H24N2O4. The number of hydrogen-bond donors (Lipinski definition) is 2. The zero-order chi connectivity index (χ0) is 17.9. The number of nitrogens with zero attached hydrogens (tertiary/aromatic N) is 2. The highest BCUT2D eigenvalue weighted by molar-refractivity contribution is 5.62. The average Bonchev–Trinajstić information content (AvgIpc) is 2.64. The average molecular weight is 344 g/mol. The van der Waals surface area contributed by atoms with E-state index in [4.69, 9.17) is 4.74 Å². The molecule has 3 rings (SSSR count). The summed E-state index contributed by atoms with van der Waals surface area (Å²) >= 11 is 0. The fourth-order valence-electron chi connectivity index (χ4n) is 3.16. The Morgan fingerprint density at radius 3 is 2.60 bits per heavy atom. The van der Waals surface area contributed by atoms with Crippen LogP contribution in [0.25, 0.3) is 11.3 Å². The van der Waals surface area contributed by atoms with Crippen LogP contribution in [0, 0.1) is 0 Å². The molecule has 2 aromatic rings. The Balaban J connectivity index is 1.92. The summed E-state index contributed by atoms with van der Waals surface area (Å²) in [4.78, 5) is 12.4. The molecule has 2 N–H and O–H groups in total. The summed E-state index contributed by atoms with van der Waals surface area (Å²) in [6, 6.07) is 11.2. The molecule has 1 saturated heterocycles. The Morgan fingerprint density at radius 1 is 1.28 bits per heavy atom. The van der Waals surface area contributed by atoms with Gasteiger partial charge in [0, 0.05) is 37.7 Å². The fourth-order valence-corrected chi connectivity index (χ4v) is 3.16. The molecule has 0 aliphatic carbocycles. The van der Waals surface area contributed by atoms with Gasteiger partial charge in [-0.05, 0) is 12.0 Å². The molecule has 1 unspecified atom stereocenters. The van der Waals surface area contributed by atoms with Crippen LogP contribution in [0.15, 0.2) is 41.2 Å². The van der Waals surface area contributed by atoms with Crippen LogP contribution in [-0.2, 0) is 17.7 Å². The summed E-state index contributed by atoms with van der Waals surface area (Å²) in [5.41, 5.74) is 1.01. The fraction of sp³-hybridized carbons (Fsp3) is 0.474. The number of benzene rings is 1. The van der Waals surface area contributed by atoms with Crippen molar-refractivity contribution in [1.82, 2.24) is 9.78 Å². The Hall–Kier alpha value is -2.02. The predicted molar refractivity (Wildman–Crippen MR) is 94.3 cm³/mol. The maximum Gasteiger partial charge on any atom is 0.267 e. The van der Waals surface area contributed by atoms with Gasteiger partial charge in [0.1, 0.15) is 6.10 Å². The van der Waals surface area contributed by atoms with Crippen molar-refractivity contribution in [2.45, 2.75) is 44.4 Å². The molecule has 0 spiro atoms. The highest BCUT2D eigenvalue weighted by Gasteiger charge is 2.37. The maximum absolute atomic E-state index is 12.4. The van der Waals surface area contributed by atoms with E-state index in [1.165, 1.54) is 4.68 Å². The number of aliphatic hydroxyl groups is 2. The minimum atomic E-state index is -1.24. The standard InChI is InChI=1S/C19H24N2O4/c1-2-14-12-17(23)21(20-18(14)15-6-4-3-5-7-15)13-16(22)19(24)8-10-25-11-9-19/h3-7,12,16,22,24H,2,8-11,13H2,1H3. The molecule has 6 heteroatoms. The number of aliphatic hydroxyl groups excluding tert-OH is 1. The Labute approximate surface area is 146 Å². The van der Waals surface area contributed by atoms with Gasteiger partial charge < -0.3 is 14.9 Å². The summed E-state index contributed by atoms with van der Waals surface area (Å²) in [6.07, 6.45) is 0.317. The second-order valence-corrected chi connectivity index (χ2v) is 6.49. The Kier molecular flexibility index (Phi) is 5.32. The molecule has 0 amide bonds. The van der Waals surface area contributed by atoms with Crippen molar-refractivity contribution < 1.29 is 14.9 Å². The third-order valence-corrected chi connectivity index (χ3v) is 4.83. The minimum absolute atomic E-state index is 0.0425. The highest BCUT2D eigenvalue weighted by atomic mass is 16.5. The van der Waals surface area contributed by atoms with E-state index in [2.05, 4.69) is 5.10 Å². The smallest absolute Gasteiger partial charge is 0.267 e. The van der Waals surface area contributed by atoms with Crippen LogP contribution in [0.5, 0.6) is 0 Å². The van der Waals surface area contributed by atoms with E-state index in [9.17, 15) is 15.0 Å². The van der Waals surface area contributed by atoms with Crippen LogP contribution < -0.4 is 5.56 Å². The Morgan fingerprint density at radius 2 is 1.96 bits per heavy atom. The summed E-state index contributed by atoms with van der Waals surface area (Å²) in [7, 11) is 0. The Bertz CT molecular complexity index is 767. The topological polar surface area (TPSA) is 84.6 Å². The van der Waals surface area contributed by atoms with Gasteiger partial charge in [-0.1, -0.05) is 37.3 Å². The second-order valence-electron chi connectivity index (χ2n) is 6.49. The summed E-state index contributed by atoms with van der Waals surface area (Å²) in [5, 5.41) is 25.6. The minimum Gasteiger partial charge on any atom is -0.388 e. The van der Waals surface area contributed by atoms with Gasteiger partial charge in [0.2, 0.25) is 0 Å². The first-order valence-corrected chi connectivity index (χ1v) is 8.68. The van der Waals surface area contributed by atoms with Crippen molar-refractivity contribution in [3.05, 3.63) is 52.3 Å². The second kappa shape index (κ2) is 7.47. The van der Waals surface area contributed by atoms with Crippen LogP contribution >= 0.6 is 0 Å². The van der Waals surface area contributed by atoms with Crippen LogP contribution in [-0.4, -0.2) is 44.9 Å². The number of aromatic nitrogens is 2. The number of ether oxygens (including phenoxy) is 1. The van der Waals surface area contributed by atoms with Crippen molar-refractivity contribution in [2.75, 3.05) is 13.2 Å². The van der Waals surface area contributed by atoms with E-state index < -0.39 is 11.7 Å². The molecule has 2 heterocycles. The van der Waals surface area contributed by atoms with Gasteiger partial charge in [-0.3, -0.25) is 4.79 Å². The van der Waals surface area contributed by atoms with Crippen LogP contribution in [0.4, 0.5) is 0 Å². The third kappa shape index (κ3) is 3.81. The molecule has 1 aliphatic heterocycles. The molecule has 25 heavy (non-hydrogen) atoms. The molecule has 1 fully saturated rings. The van der Waals surface area contributed by atoms with E-state index in [0.29, 0.717) is 32.5 Å². The van der Waals surface area contributed by atoms with Crippen molar-refractivity contribution in [3.63, 3.8) is 0 Å². The zero-order valence-corrected chi connectivity index (χ0v) is 14.4. The van der Waals surface area contributed by atoms with Gasteiger partial charge in [-0.25, -0.2) is 4.68 Å². The van der Waals surface area contributed by atoms with Gasteiger partial charge in [-0.2, -0.15) is 5.10 Å². The maximum atomic E-state index is 12.4. The molecular weight excluding hydrogens is 320 g/mol. The van der Waals surface area contributed by atoms with E-state index in [1.807, 2.05) is 37.3 Å². The molecule has 1 aliphatic rings. The van der Waals surface area contributed by atoms with Gasteiger partial charge in [0.25, 0.3) is 5.56 Å². The van der Waals surface area contributed by atoms with E-state index in [-0.39, 0.29) is 12.1 Å². The largest absolute Gasteiger partial charge is 0.388 e. The van der Waals surface area contributed by atoms with Crippen LogP contribution in [0.3, 0.4) is 0 Å². The van der Waals surface area contributed by atoms with E-state index in [1.54, 1.807) is 6.07 Å². The number of aryl methyl sites for hydroxylation is 1. The normalized spacial score (nSPS) is 18.0. The lowest BCUT2D eigenvalue weighted by atomic mass is 9.88. The van der Waals surface area contributed by atoms with Gasteiger partial charge in [0.15, 0.2) is 0 Å². The highest BCUT2D eigenvalue weighted by Crippen LogP contribution is 2.25. The first kappa shape index (κ1) is 17.8. The third-order valence-electron chi connectivity index (χ3n) is 4.83. The van der Waals surface area contributed by atoms with Crippen LogP contribution in [0.2, 0.25) is 0 Å². The lowest BCUT2D eigenvalue weighted by molar-refractivity contribution is -0.136. The summed E-state index contributed by atoms with van der Waals surface area (Å²) in [6.45, 7) is 2.74. The zero-order valence-electron chi connectivity index (χ0n) is 14.4. The lowest BCUT2D eigenvalue weighted by Gasteiger charge is -2.36. The summed E-state index contributed by atoms with van der Waals surface area (Å²) in [5.74, 6) is 0. The molecule has 0 radical (unpaired) electrons. The van der Waals surface area contributed by atoms with Crippen molar-refractivity contribution in [2.24, 2.45) is 0 Å². The SMILES string of the molecule is CCc1cc(=O)n(CC(O)C2(O)CCOCC2)nc1-c1ccccc1. The van der Waals surface area contributed by atoms with Gasteiger partial charge in [-0.15, -0.1) is 0 Å². The molecule has 1 atom stereocenters. The van der Waals surface area contributed by atoms with E-state index in [0.717, 1.165) is 16.8 Å². The van der Waals surface area contributed by atoms with Gasteiger partial charge >= 0.3 is 0 Å². The van der Waals surface area contributed by atoms with Crippen molar-refractivity contribution in [1.29, 1.82) is 0 Å². The molecule has 1 aromatic carbocycles. The lowest BCUT2D eigenvalue weighted by Crippen LogP contribution is -2.49. The monoisotopic (exact) mass is 344 g/mol. The molecule has 1 aromatic heterocycles. The quantitative estimate of drug-likeness (QED) is 0.856. The van der Waals surface area contributed by atoms with Crippen molar-refractivity contribution in [3.8, 4) is 11.3 Å². The van der Waals surface area contributed by atoms with Crippen molar-refractivity contribution >= 4 is 0 Å². The molecule has 6 nitrogen and oxygen atoms in total. The predicted octanol–water partition coefficient (Wildman–Crippen LogP) is 1.38. The number of hydrogen-bond acceptors (Lipinski definition) is 5.